The average molecular weight is 301 g/mol. The van der Waals surface area contributed by atoms with Crippen molar-refractivity contribution in [3.8, 4) is 0 Å². The first-order valence-electron chi connectivity index (χ1n) is 6.85. The van der Waals surface area contributed by atoms with Gasteiger partial charge in [-0.3, -0.25) is 4.79 Å². The molecule has 0 saturated heterocycles. The maximum atomic E-state index is 12.1. The van der Waals surface area contributed by atoms with Gasteiger partial charge in [0.25, 0.3) is 5.91 Å². The molecule has 2 aliphatic carbocycles. The van der Waals surface area contributed by atoms with Crippen LogP contribution in [0.4, 0.5) is 0 Å². The molecule has 0 aliphatic heterocycles. The van der Waals surface area contributed by atoms with Gasteiger partial charge in [-0.15, -0.1) is 23.7 Å². The second-order valence-electron chi connectivity index (χ2n) is 5.66. The Morgan fingerprint density at radius 2 is 2.05 bits per heavy atom. The number of thiophene rings is 1. The highest BCUT2D eigenvalue weighted by molar-refractivity contribution is 7.14. The molecule has 0 spiro atoms. The standard InChI is InChI=1S/C14H20N2OS.ClH/c15-14(6-3-7-14)9-16-13(17)12-8-10-4-1-2-5-11(10)18-12;/h8H,1-7,9,15H2,(H,16,17);1H. The number of amides is 1. The Morgan fingerprint density at radius 3 is 2.68 bits per heavy atom. The summed E-state index contributed by atoms with van der Waals surface area (Å²) < 4.78 is 0. The van der Waals surface area contributed by atoms with E-state index in [1.54, 1.807) is 11.3 Å². The molecule has 0 atom stereocenters. The van der Waals surface area contributed by atoms with Gasteiger partial charge in [0.2, 0.25) is 0 Å². The highest BCUT2D eigenvalue weighted by Gasteiger charge is 2.32. The molecule has 1 fully saturated rings. The summed E-state index contributed by atoms with van der Waals surface area (Å²) in [5, 5.41) is 3.00. The van der Waals surface area contributed by atoms with E-state index in [4.69, 9.17) is 5.73 Å². The maximum Gasteiger partial charge on any atom is 0.261 e. The normalized spacial score (nSPS) is 19.8. The number of halogens is 1. The largest absolute Gasteiger partial charge is 0.349 e. The minimum absolute atomic E-state index is 0. The summed E-state index contributed by atoms with van der Waals surface area (Å²) in [5.74, 6) is 0.0612. The van der Waals surface area contributed by atoms with Crippen LogP contribution in [0.3, 0.4) is 0 Å². The molecule has 1 amide bonds. The Kier molecular flexibility index (Phi) is 4.54. The Morgan fingerprint density at radius 1 is 1.32 bits per heavy atom. The van der Waals surface area contributed by atoms with Crippen LogP contribution in [0.25, 0.3) is 0 Å². The lowest BCUT2D eigenvalue weighted by molar-refractivity contribution is 0.0934. The average Bonchev–Trinajstić information content (AvgIpc) is 2.77. The molecular formula is C14H21ClN2OS. The molecule has 0 unspecified atom stereocenters. The van der Waals surface area contributed by atoms with Crippen molar-refractivity contribution >= 4 is 29.7 Å². The maximum absolute atomic E-state index is 12.1. The molecule has 106 valence electrons. The molecular weight excluding hydrogens is 280 g/mol. The summed E-state index contributed by atoms with van der Waals surface area (Å²) in [6.45, 7) is 0.619. The number of hydrogen-bond donors (Lipinski definition) is 2. The first-order chi connectivity index (χ1) is 8.66. The van der Waals surface area contributed by atoms with Gasteiger partial charge in [-0.05, 0) is 56.6 Å². The van der Waals surface area contributed by atoms with Crippen molar-refractivity contribution in [1.29, 1.82) is 0 Å². The summed E-state index contributed by atoms with van der Waals surface area (Å²) >= 11 is 1.67. The third-order valence-electron chi connectivity index (χ3n) is 4.17. The van der Waals surface area contributed by atoms with E-state index in [2.05, 4.69) is 11.4 Å². The predicted octanol–water partition coefficient (Wildman–Crippen LogP) is 2.66. The first-order valence-corrected chi connectivity index (χ1v) is 7.67. The molecule has 3 rings (SSSR count). The molecule has 5 heteroatoms. The molecule has 2 aliphatic rings. The Balaban J connectivity index is 0.00000133. The van der Waals surface area contributed by atoms with Crippen molar-refractivity contribution in [2.24, 2.45) is 5.73 Å². The molecule has 1 aromatic rings. The van der Waals surface area contributed by atoms with Gasteiger partial charge in [-0.1, -0.05) is 0 Å². The van der Waals surface area contributed by atoms with Gasteiger partial charge in [-0.25, -0.2) is 0 Å². The minimum atomic E-state index is -0.132. The van der Waals surface area contributed by atoms with E-state index in [-0.39, 0.29) is 23.9 Å². The lowest BCUT2D eigenvalue weighted by Gasteiger charge is -2.38. The van der Waals surface area contributed by atoms with Gasteiger partial charge in [-0.2, -0.15) is 0 Å². The van der Waals surface area contributed by atoms with E-state index in [9.17, 15) is 4.79 Å². The Hall–Kier alpha value is -0.580. The number of rotatable bonds is 3. The smallest absolute Gasteiger partial charge is 0.261 e. The van der Waals surface area contributed by atoms with Crippen molar-refractivity contribution < 1.29 is 4.79 Å². The zero-order valence-electron chi connectivity index (χ0n) is 11.0. The van der Waals surface area contributed by atoms with Crippen LogP contribution in [0.2, 0.25) is 0 Å². The third kappa shape index (κ3) is 3.12. The Bertz CT molecular complexity index is 445. The van der Waals surface area contributed by atoms with Gasteiger partial charge in [0.1, 0.15) is 0 Å². The van der Waals surface area contributed by atoms with E-state index in [0.717, 1.165) is 30.6 Å². The fourth-order valence-electron chi connectivity index (χ4n) is 2.75. The lowest BCUT2D eigenvalue weighted by Crippen LogP contribution is -2.54. The van der Waals surface area contributed by atoms with Crippen molar-refractivity contribution in [3.05, 3.63) is 21.4 Å². The van der Waals surface area contributed by atoms with E-state index >= 15 is 0 Å². The monoisotopic (exact) mass is 300 g/mol. The summed E-state index contributed by atoms with van der Waals surface area (Å²) in [6, 6.07) is 2.08. The van der Waals surface area contributed by atoms with Crippen LogP contribution in [0.15, 0.2) is 6.07 Å². The number of aryl methyl sites for hydroxylation is 2. The van der Waals surface area contributed by atoms with Crippen molar-refractivity contribution in [2.45, 2.75) is 50.5 Å². The van der Waals surface area contributed by atoms with Gasteiger partial charge in [0.15, 0.2) is 0 Å². The van der Waals surface area contributed by atoms with Crippen LogP contribution in [0, 0.1) is 0 Å². The molecule has 0 aromatic carbocycles. The highest BCUT2D eigenvalue weighted by Crippen LogP contribution is 2.30. The van der Waals surface area contributed by atoms with Gasteiger partial charge in [0.05, 0.1) is 4.88 Å². The van der Waals surface area contributed by atoms with Crippen LogP contribution < -0.4 is 11.1 Å². The summed E-state index contributed by atoms with van der Waals surface area (Å²) in [5.41, 5.74) is 7.37. The number of nitrogens with one attached hydrogen (secondary N) is 1. The van der Waals surface area contributed by atoms with Gasteiger partial charge < -0.3 is 11.1 Å². The number of hydrogen-bond acceptors (Lipinski definition) is 3. The molecule has 1 saturated carbocycles. The van der Waals surface area contributed by atoms with E-state index in [1.165, 1.54) is 29.7 Å². The van der Waals surface area contributed by atoms with Crippen LogP contribution in [-0.4, -0.2) is 18.0 Å². The molecule has 19 heavy (non-hydrogen) atoms. The first kappa shape index (κ1) is 14.8. The van der Waals surface area contributed by atoms with Gasteiger partial charge in [0, 0.05) is 17.0 Å². The highest BCUT2D eigenvalue weighted by atomic mass is 35.5. The van der Waals surface area contributed by atoms with Crippen molar-refractivity contribution in [3.63, 3.8) is 0 Å². The van der Waals surface area contributed by atoms with Crippen LogP contribution >= 0.6 is 23.7 Å². The molecule has 0 radical (unpaired) electrons. The number of nitrogens with two attached hydrogens (primary N) is 1. The molecule has 0 bridgehead atoms. The second kappa shape index (κ2) is 5.81. The van der Waals surface area contributed by atoms with Gasteiger partial charge >= 0.3 is 0 Å². The quantitative estimate of drug-likeness (QED) is 0.902. The Labute approximate surface area is 124 Å². The lowest BCUT2D eigenvalue weighted by atomic mass is 9.78. The zero-order valence-corrected chi connectivity index (χ0v) is 12.7. The molecule has 1 aromatic heterocycles. The predicted molar refractivity (Wildman–Crippen MR) is 81.3 cm³/mol. The topological polar surface area (TPSA) is 55.1 Å². The number of fused-ring (bicyclic) bond motifs is 1. The van der Waals surface area contributed by atoms with Crippen LogP contribution in [-0.2, 0) is 12.8 Å². The van der Waals surface area contributed by atoms with Crippen LogP contribution in [0.1, 0.15) is 52.2 Å². The summed E-state index contributed by atoms with van der Waals surface area (Å²) in [4.78, 5) is 14.4. The fourth-order valence-corrected chi connectivity index (χ4v) is 3.92. The van der Waals surface area contributed by atoms with E-state index in [1.807, 2.05) is 0 Å². The SMILES string of the molecule is Cl.NC1(CNC(=O)c2cc3c(s2)CCCC3)CCC1. The molecule has 3 N–H and O–H groups in total. The van der Waals surface area contributed by atoms with Crippen LogP contribution in [0.5, 0.6) is 0 Å². The molecule has 1 heterocycles. The third-order valence-corrected chi connectivity index (χ3v) is 5.41. The molecule has 3 nitrogen and oxygen atoms in total. The van der Waals surface area contributed by atoms with Crippen molar-refractivity contribution in [1.82, 2.24) is 5.32 Å². The second-order valence-corrected chi connectivity index (χ2v) is 6.80. The number of carbonyl (C=O) groups excluding carboxylic acids is 1. The minimum Gasteiger partial charge on any atom is -0.349 e. The fraction of sp³-hybridized carbons (Fsp3) is 0.643. The zero-order chi connectivity index (χ0) is 12.6. The summed E-state index contributed by atoms with van der Waals surface area (Å²) in [6.07, 6.45) is 8.08. The number of carbonyl (C=O) groups is 1. The van der Waals surface area contributed by atoms with Crippen molar-refractivity contribution in [2.75, 3.05) is 6.54 Å². The summed E-state index contributed by atoms with van der Waals surface area (Å²) in [7, 11) is 0. The van der Waals surface area contributed by atoms with E-state index in [0.29, 0.717) is 6.54 Å². The van der Waals surface area contributed by atoms with E-state index < -0.39 is 0 Å².